The van der Waals surface area contributed by atoms with E-state index in [1.54, 1.807) is 24.3 Å². The van der Waals surface area contributed by atoms with Gasteiger partial charge in [-0.2, -0.15) is 0 Å². The highest BCUT2D eigenvalue weighted by molar-refractivity contribution is 6.32. The predicted molar refractivity (Wildman–Crippen MR) is 67.7 cm³/mol. The van der Waals surface area contributed by atoms with Gasteiger partial charge in [0, 0.05) is 5.56 Å². The second-order valence-corrected chi connectivity index (χ2v) is 4.04. The molecule has 0 heterocycles. The Balaban J connectivity index is 2.07. The predicted octanol–water partition coefficient (Wildman–Crippen LogP) is 3.74. The third-order valence-corrected chi connectivity index (χ3v) is 2.66. The van der Waals surface area contributed by atoms with Crippen molar-refractivity contribution in [2.24, 2.45) is 0 Å². The Morgan fingerprint density at radius 3 is 2.50 bits per heavy atom. The number of rotatable bonds is 4. The van der Waals surface area contributed by atoms with Crippen molar-refractivity contribution in [2.75, 3.05) is 6.61 Å². The number of hydrogen-bond acceptors (Lipinski definition) is 2. The molecule has 0 N–H and O–H groups in total. The molecule has 2 nitrogen and oxygen atoms in total. The van der Waals surface area contributed by atoms with E-state index in [0.717, 1.165) is 0 Å². The Morgan fingerprint density at radius 2 is 1.83 bits per heavy atom. The molecule has 0 radical (unpaired) electrons. The maximum atomic E-state index is 13.4. The molecule has 0 amide bonds. The van der Waals surface area contributed by atoms with Crippen LogP contribution in [0.1, 0.15) is 10.4 Å². The van der Waals surface area contributed by atoms with Crippen LogP contribution in [0.3, 0.4) is 0 Å². The van der Waals surface area contributed by atoms with E-state index in [0.29, 0.717) is 5.56 Å². The molecule has 0 saturated heterocycles. The number of carbonyl (C=O) groups excluding carboxylic acids is 1. The summed E-state index contributed by atoms with van der Waals surface area (Å²) in [7, 11) is 0. The van der Waals surface area contributed by atoms with E-state index in [2.05, 4.69) is 0 Å². The molecule has 0 aliphatic heterocycles. The van der Waals surface area contributed by atoms with Crippen molar-refractivity contribution in [2.45, 2.75) is 0 Å². The lowest BCUT2D eigenvalue weighted by Gasteiger charge is -2.08. The van der Waals surface area contributed by atoms with Crippen LogP contribution in [0.5, 0.6) is 5.75 Å². The SMILES string of the molecule is O=C(COc1c(F)cccc1Cl)c1ccccc1. The van der Waals surface area contributed by atoms with Gasteiger partial charge in [0.05, 0.1) is 5.02 Å². The first-order chi connectivity index (χ1) is 8.68. The van der Waals surface area contributed by atoms with Gasteiger partial charge in [0.2, 0.25) is 0 Å². The number of carbonyl (C=O) groups is 1. The van der Waals surface area contributed by atoms with Crippen LogP contribution in [0.4, 0.5) is 4.39 Å². The molecule has 2 aromatic carbocycles. The molecule has 0 aliphatic carbocycles. The Hall–Kier alpha value is -1.87. The van der Waals surface area contributed by atoms with E-state index >= 15 is 0 Å². The second kappa shape index (κ2) is 5.65. The van der Waals surface area contributed by atoms with Gasteiger partial charge in [-0.1, -0.05) is 48.0 Å². The monoisotopic (exact) mass is 264 g/mol. The fourth-order valence-corrected chi connectivity index (χ4v) is 1.68. The molecule has 4 heteroatoms. The minimum absolute atomic E-state index is 0.0940. The average molecular weight is 265 g/mol. The molecule has 2 aromatic rings. The van der Waals surface area contributed by atoms with Crippen LogP contribution in [0.25, 0.3) is 0 Å². The summed E-state index contributed by atoms with van der Waals surface area (Å²) in [5.41, 5.74) is 0.518. The highest BCUT2D eigenvalue weighted by Gasteiger charge is 2.11. The highest BCUT2D eigenvalue weighted by atomic mass is 35.5. The van der Waals surface area contributed by atoms with E-state index < -0.39 is 5.82 Å². The van der Waals surface area contributed by atoms with Crippen LogP contribution >= 0.6 is 11.6 Å². The first kappa shape index (κ1) is 12.6. The van der Waals surface area contributed by atoms with E-state index in [1.807, 2.05) is 6.07 Å². The molecule has 2 rings (SSSR count). The van der Waals surface area contributed by atoms with Crippen LogP contribution in [0.2, 0.25) is 5.02 Å². The van der Waals surface area contributed by atoms with Crippen LogP contribution in [0, 0.1) is 5.82 Å². The van der Waals surface area contributed by atoms with Gasteiger partial charge in [-0.25, -0.2) is 4.39 Å². The molecular weight excluding hydrogens is 255 g/mol. The zero-order chi connectivity index (χ0) is 13.0. The molecule has 0 fully saturated rings. The minimum atomic E-state index is -0.580. The minimum Gasteiger partial charge on any atom is -0.481 e. The molecule has 0 aliphatic rings. The van der Waals surface area contributed by atoms with Gasteiger partial charge < -0.3 is 4.74 Å². The average Bonchev–Trinajstić information content (AvgIpc) is 2.39. The van der Waals surface area contributed by atoms with Gasteiger partial charge in [0.15, 0.2) is 24.0 Å². The Kier molecular flexibility index (Phi) is 3.95. The van der Waals surface area contributed by atoms with Crippen molar-refractivity contribution < 1.29 is 13.9 Å². The number of benzene rings is 2. The summed E-state index contributed by atoms with van der Waals surface area (Å²) < 4.78 is 18.5. The molecule has 0 saturated carbocycles. The third-order valence-electron chi connectivity index (χ3n) is 2.36. The third kappa shape index (κ3) is 2.87. The molecule has 0 aromatic heterocycles. The number of para-hydroxylation sites is 1. The summed E-state index contributed by atoms with van der Waals surface area (Å²) in [6, 6.07) is 12.9. The van der Waals surface area contributed by atoms with Crippen molar-refractivity contribution in [1.82, 2.24) is 0 Å². The highest BCUT2D eigenvalue weighted by Crippen LogP contribution is 2.27. The zero-order valence-electron chi connectivity index (χ0n) is 9.40. The van der Waals surface area contributed by atoms with Crippen LogP contribution in [0.15, 0.2) is 48.5 Å². The fraction of sp³-hybridized carbons (Fsp3) is 0.0714. The van der Waals surface area contributed by atoms with Crippen LogP contribution < -0.4 is 4.74 Å². The quantitative estimate of drug-likeness (QED) is 0.787. The maximum absolute atomic E-state index is 13.4. The number of Topliss-reactive ketones (excluding diaryl/α,β-unsaturated/α-hetero) is 1. The van der Waals surface area contributed by atoms with Gasteiger partial charge >= 0.3 is 0 Å². The van der Waals surface area contributed by atoms with Crippen molar-refractivity contribution in [1.29, 1.82) is 0 Å². The summed E-state index contributed by atoms with van der Waals surface area (Å²) in [5.74, 6) is -0.901. The van der Waals surface area contributed by atoms with Crippen molar-refractivity contribution >= 4 is 17.4 Å². The topological polar surface area (TPSA) is 26.3 Å². The largest absolute Gasteiger partial charge is 0.481 e. The number of hydrogen-bond donors (Lipinski definition) is 0. The maximum Gasteiger partial charge on any atom is 0.200 e. The molecule has 0 atom stereocenters. The standard InChI is InChI=1S/C14H10ClFO2/c15-11-7-4-8-12(16)14(11)18-9-13(17)10-5-2-1-3-6-10/h1-8H,9H2. The lowest BCUT2D eigenvalue weighted by atomic mass is 10.1. The van der Waals surface area contributed by atoms with E-state index in [-0.39, 0.29) is 23.2 Å². The number of ketones is 1. The van der Waals surface area contributed by atoms with E-state index in [1.165, 1.54) is 18.2 Å². The first-order valence-corrected chi connectivity index (χ1v) is 5.71. The molecule has 92 valence electrons. The summed E-state index contributed by atoms with van der Waals surface area (Å²) in [5, 5.41) is 0.149. The normalized spacial score (nSPS) is 10.1. The van der Waals surface area contributed by atoms with Crippen molar-refractivity contribution in [3.63, 3.8) is 0 Å². The fourth-order valence-electron chi connectivity index (χ4n) is 1.47. The van der Waals surface area contributed by atoms with Crippen molar-refractivity contribution in [3.8, 4) is 5.75 Å². The van der Waals surface area contributed by atoms with Crippen LogP contribution in [-0.2, 0) is 0 Å². The zero-order valence-corrected chi connectivity index (χ0v) is 10.2. The van der Waals surface area contributed by atoms with Gasteiger partial charge in [0.1, 0.15) is 0 Å². The molecule has 0 unspecified atom stereocenters. The Morgan fingerprint density at radius 1 is 1.11 bits per heavy atom. The van der Waals surface area contributed by atoms with Crippen molar-refractivity contribution in [3.05, 3.63) is 64.9 Å². The Labute approximate surface area is 109 Å². The van der Waals surface area contributed by atoms with E-state index in [4.69, 9.17) is 16.3 Å². The molecule has 18 heavy (non-hydrogen) atoms. The summed E-state index contributed by atoms with van der Waals surface area (Å²) in [6.07, 6.45) is 0. The molecule has 0 bridgehead atoms. The van der Waals surface area contributed by atoms with Crippen LogP contribution in [-0.4, -0.2) is 12.4 Å². The smallest absolute Gasteiger partial charge is 0.200 e. The molecule has 0 spiro atoms. The van der Waals surface area contributed by atoms with E-state index in [9.17, 15) is 9.18 Å². The molecular formula is C14H10ClFO2. The number of halogens is 2. The summed E-state index contributed by atoms with van der Waals surface area (Å²) in [6.45, 7) is -0.245. The van der Waals surface area contributed by atoms with Gasteiger partial charge in [-0.15, -0.1) is 0 Å². The first-order valence-electron chi connectivity index (χ1n) is 5.33. The van der Waals surface area contributed by atoms with Gasteiger partial charge in [0.25, 0.3) is 0 Å². The summed E-state index contributed by atoms with van der Waals surface area (Å²) in [4.78, 5) is 11.8. The Bertz CT molecular complexity index is 535. The van der Waals surface area contributed by atoms with Gasteiger partial charge in [-0.05, 0) is 12.1 Å². The summed E-state index contributed by atoms with van der Waals surface area (Å²) >= 11 is 5.78. The van der Waals surface area contributed by atoms with Gasteiger partial charge in [-0.3, -0.25) is 4.79 Å². The lowest BCUT2D eigenvalue weighted by Crippen LogP contribution is -2.12. The second-order valence-electron chi connectivity index (χ2n) is 3.63. The lowest BCUT2D eigenvalue weighted by molar-refractivity contribution is 0.0919. The number of ether oxygens (including phenoxy) is 1.